The second-order valence-electron chi connectivity index (χ2n) is 3.92. The minimum Gasteiger partial charge on any atom is -0.395 e. The number of hydrogen-bond acceptors (Lipinski definition) is 6. The van der Waals surface area contributed by atoms with Gasteiger partial charge in [-0.25, -0.2) is 0 Å². The Morgan fingerprint density at radius 3 is 2.55 bits per heavy atom. The van der Waals surface area contributed by atoms with Crippen LogP contribution in [0, 0.1) is 0 Å². The van der Waals surface area contributed by atoms with Crippen molar-refractivity contribution >= 4 is 23.5 Å². The SMILES string of the molecule is CCCNc1nc(Cl)nc(N(CCO)CC(F)(F)F)n1. The Morgan fingerprint density at radius 1 is 1.30 bits per heavy atom. The molecule has 0 unspecified atom stereocenters. The second kappa shape index (κ2) is 7.44. The van der Waals surface area contributed by atoms with E-state index in [0.717, 1.165) is 11.3 Å². The zero-order valence-electron chi connectivity index (χ0n) is 10.8. The molecule has 0 bridgehead atoms. The van der Waals surface area contributed by atoms with Gasteiger partial charge in [-0.1, -0.05) is 6.92 Å². The maximum absolute atomic E-state index is 12.5. The third-order valence-electron chi connectivity index (χ3n) is 2.15. The predicted molar refractivity (Wildman–Crippen MR) is 69.0 cm³/mol. The van der Waals surface area contributed by atoms with E-state index in [4.69, 9.17) is 16.7 Å². The molecule has 0 radical (unpaired) electrons. The van der Waals surface area contributed by atoms with Crippen molar-refractivity contribution in [3.05, 3.63) is 5.28 Å². The summed E-state index contributed by atoms with van der Waals surface area (Å²) in [5.74, 6) is -0.123. The standard InChI is InChI=1S/C10H15ClF3N5O/c1-2-3-15-8-16-7(11)17-9(18-8)19(4-5-20)6-10(12,13)14/h20H,2-6H2,1H3,(H,15,16,17,18). The molecule has 114 valence electrons. The van der Waals surface area contributed by atoms with E-state index in [-0.39, 0.29) is 23.7 Å². The molecule has 1 aromatic rings. The normalized spacial score (nSPS) is 11.5. The van der Waals surface area contributed by atoms with Crippen LogP contribution in [0.25, 0.3) is 0 Å². The lowest BCUT2D eigenvalue weighted by atomic mass is 10.5. The molecule has 20 heavy (non-hydrogen) atoms. The molecule has 1 heterocycles. The number of rotatable bonds is 7. The van der Waals surface area contributed by atoms with Gasteiger partial charge in [-0.2, -0.15) is 28.1 Å². The molecule has 0 aromatic carbocycles. The van der Waals surface area contributed by atoms with Crippen LogP contribution >= 0.6 is 11.6 Å². The van der Waals surface area contributed by atoms with Crippen LogP contribution < -0.4 is 10.2 Å². The maximum atomic E-state index is 12.5. The van der Waals surface area contributed by atoms with Gasteiger partial charge in [0.25, 0.3) is 0 Å². The van der Waals surface area contributed by atoms with E-state index in [9.17, 15) is 13.2 Å². The van der Waals surface area contributed by atoms with Crippen LogP contribution in [-0.4, -0.2) is 52.5 Å². The topological polar surface area (TPSA) is 74.2 Å². The van der Waals surface area contributed by atoms with Gasteiger partial charge in [0.15, 0.2) is 0 Å². The van der Waals surface area contributed by atoms with Crippen molar-refractivity contribution in [1.29, 1.82) is 0 Å². The number of aliphatic hydroxyl groups is 1. The monoisotopic (exact) mass is 313 g/mol. The van der Waals surface area contributed by atoms with Gasteiger partial charge in [0, 0.05) is 13.1 Å². The molecule has 0 saturated carbocycles. The zero-order chi connectivity index (χ0) is 15.2. The first-order valence-corrected chi connectivity index (χ1v) is 6.31. The first-order chi connectivity index (χ1) is 9.35. The number of anilines is 2. The van der Waals surface area contributed by atoms with Crippen LogP contribution in [0.2, 0.25) is 5.28 Å². The Kier molecular flexibility index (Phi) is 6.21. The third-order valence-corrected chi connectivity index (χ3v) is 2.32. The Labute approximate surface area is 119 Å². The summed E-state index contributed by atoms with van der Waals surface area (Å²) >= 11 is 5.67. The molecule has 0 saturated heterocycles. The predicted octanol–water partition coefficient (Wildman–Crippen LogP) is 1.71. The highest BCUT2D eigenvalue weighted by atomic mass is 35.5. The van der Waals surface area contributed by atoms with Crippen LogP contribution in [0.1, 0.15) is 13.3 Å². The molecule has 0 atom stereocenters. The van der Waals surface area contributed by atoms with Crippen LogP contribution in [0.15, 0.2) is 0 Å². The fraction of sp³-hybridized carbons (Fsp3) is 0.700. The van der Waals surface area contributed by atoms with Gasteiger partial charge in [-0.15, -0.1) is 0 Å². The number of alkyl halides is 3. The largest absolute Gasteiger partial charge is 0.406 e. The Morgan fingerprint density at radius 2 is 2.00 bits per heavy atom. The zero-order valence-corrected chi connectivity index (χ0v) is 11.5. The lowest BCUT2D eigenvalue weighted by molar-refractivity contribution is -0.120. The van der Waals surface area contributed by atoms with Gasteiger partial charge in [0.05, 0.1) is 6.61 Å². The van der Waals surface area contributed by atoms with E-state index < -0.39 is 19.3 Å². The number of halogens is 4. The molecule has 0 aliphatic carbocycles. The quantitative estimate of drug-likeness (QED) is 0.798. The number of aliphatic hydroxyl groups excluding tert-OH is 1. The fourth-order valence-electron chi connectivity index (χ4n) is 1.38. The van der Waals surface area contributed by atoms with Crippen molar-refractivity contribution in [3.8, 4) is 0 Å². The third kappa shape index (κ3) is 5.74. The lowest BCUT2D eigenvalue weighted by Crippen LogP contribution is -2.37. The van der Waals surface area contributed by atoms with E-state index in [1.807, 2.05) is 6.92 Å². The molecule has 2 N–H and O–H groups in total. The maximum Gasteiger partial charge on any atom is 0.406 e. The highest BCUT2D eigenvalue weighted by molar-refractivity contribution is 6.28. The first-order valence-electron chi connectivity index (χ1n) is 5.93. The summed E-state index contributed by atoms with van der Waals surface area (Å²) in [5, 5.41) is 11.5. The molecule has 10 heteroatoms. The molecule has 0 aliphatic heterocycles. The van der Waals surface area contributed by atoms with Crippen molar-refractivity contribution in [2.75, 3.05) is 36.5 Å². The Balaban J connectivity index is 2.96. The summed E-state index contributed by atoms with van der Waals surface area (Å²) in [5.41, 5.74) is 0. The van der Waals surface area contributed by atoms with Crippen LogP contribution in [-0.2, 0) is 0 Å². The molecule has 0 spiro atoms. The molecule has 6 nitrogen and oxygen atoms in total. The van der Waals surface area contributed by atoms with Gasteiger partial charge in [-0.05, 0) is 18.0 Å². The average Bonchev–Trinajstić information content (AvgIpc) is 2.33. The molecular weight excluding hydrogens is 299 g/mol. The van der Waals surface area contributed by atoms with Gasteiger partial charge >= 0.3 is 6.18 Å². The van der Waals surface area contributed by atoms with Gasteiger partial charge in [0.2, 0.25) is 17.2 Å². The van der Waals surface area contributed by atoms with E-state index in [1.165, 1.54) is 0 Å². The molecule has 0 fully saturated rings. The van der Waals surface area contributed by atoms with Crippen molar-refractivity contribution in [1.82, 2.24) is 15.0 Å². The Hall–Kier alpha value is -1.35. The summed E-state index contributed by atoms with van der Waals surface area (Å²) in [6.07, 6.45) is -3.65. The van der Waals surface area contributed by atoms with Crippen LogP contribution in [0.4, 0.5) is 25.1 Å². The lowest BCUT2D eigenvalue weighted by Gasteiger charge is -2.23. The Bertz CT molecular complexity index is 432. The molecule has 1 aromatic heterocycles. The molecular formula is C10H15ClF3N5O. The highest BCUT2D eigenvalue weighted by Crippen LogP contribution is 2.21. The van der Waals surface area contributed by atoms with Crippen LogP contribution in [0.5, 0.6) is 0 Å². The number of aromatic nitrogens is 3. The second-order valence-corrected chi connectivity index (χ2v) is 4.25. The van der Waals surface area contributed by atoms with Crippen molar-refractivity contribution < 1.29 is 18.3 Å². The summed E-state index contributed by atoms with van der Waals surface area (Å²) in [4.78, 5) is 12.1. The van der Waals surface area contributed by atoms with E-state index >= 15 is 0 Å². The molecule has 1 rings (SSSR count). The van der Waals surface area contributed by atoms with Crippen molar-refractivity contribution in [2.45, 2.75) is 19.5 Å². The summed E-state index contributed by atoms with van der Waals surface area (Å²) in [7, 11) is 0. The minimum absolute atomic E-state index is 0.104. The summed E-state index contributed by atoms with van der Waals surface area (Å²) in [6.45, 7) is 0.475. The van der Waals surface area contributed by atoms with Crippen molar-refractivity contribution in [2.24, 2.45) is 0 Å². The number of hydrogen-bond donors (Lipinski definition) is 2. The summed E-state index contributed by atoms with van der Waals surface area (Å²) in [6, 6.07) is 0. The van der Waals surface area contributed by atoms with Gasteiger partial charge in [-0.3, -0.25) is 0 Å². The minimum atomic E-state index is -4.44. The van der Waals surface area contributed by atoms with Crippen LogP contribution in [0.3, 0.4) is 0 Å². The van der Waals surface area contributed by atoms with Gasteiger partial charge in [0.1, 0.15) is 6.54 Å². The van der Waals surface area contributed by atoms with Crippen molar-refractivity contribution in [3.63, 3.8) is 0 Å². The average molecular weight is 314 g/mol. The smallest absolute Gasteiger partial charge is 0.395 e. The number of nitrogens with zero attached hydrogens (tertiary/aromatic N) is 4. The highest BCUT2D eigenvalue weighted by Gasteiger charge is 2.32. The van der Waals surface area contributed by atoms with E-state index in [0.29, 0.717) is 6.54 Å². The molecule has 0 amide bonds. The van der Waals surface area contributed by atoms with E-state index in [1.54, 1.807) is 0 Å². The molecule has 0 aliphatic rings. The fourth-order valence-corrected chi connectivity index (χ4v) is 1.54. The summed E-state index contributed by atoms with van der Waals surface area (Å²) < 4.78 is 37.4. The van der Waals surface area contributed by atoms with E-state index in [2.05, 4.69) is 20.3 Å². The number of nitrogens with one attached hydrogen (secondary N) is 1. The van der Waals surface area contributed by atoms with Gasteiger partial charge < -0.3 is 15.3 Å². The first kappa shape index (κ1) is 16.7.